The second-order valence-electron chi connectivity index (χ2n) is 9.17. The van der Waals surface area contributed by atoms with Crippen molar-refractivity contribution in [3.8, 4) is 0 Å². The molecule has 1 aliphatic rings. The average Bonchev–Trinajstić information content (AvgIpc) is 2.65. The van der Waals surface area contributed by atoms with Crippen molar-refractivity contribution in [2.45, 2.75) is 63.2 Å². The molecule has 0 aliphatic heterocycles. The van der Waals surface area contributed by atoms with Crippen LogP contribution in [0.5, 0.6) is 0 Å². The van der Waals surface area contributed by atoms with Crippen LogP contribution < -0.4 is 0 Å². The molecule has 0 atom stereocenters. The van der Waals surface area contributed by atoms with Crippen molar-refractivity contribution >= 4 is 21.5 Å². The van der Waals surface area contributed by atoms with Gasteiger partial charge in [0.2, 0.25) is 9.84 Å². The van der Waals surface area contributed by atoms with Crippen molar-refractivity contribution in [3.05, 3.63) is 64.7 Å². The van der Waals surface area contributed by atoms with Crippen LogP contribution >= 0.6 is 0 Å². The van der Waals surface area contributed by atoms with Crippen LogP contribution in [0.4, 0.5) is 0 Å². The van der Waals surface area contributed by atoms with Crippen molar-refractivity contribution in [2.75, 3.05) is 5.94 Å². The molecule has 0 radical (unpaired) electrons. The molecule has 0 fully saturated rings. The number of sulfone groups is 1. The van der Waals surface area contributed by atoms with Gasteiger partial charge in [-0.2, -0.15) is 0 Å². The molecule has 0 saturated heterocycles. The van der Waals surface area contributed by atoms with Crippen LogP contribution in [0.25, 0.3) is 11.6 Å². The van der Waals surface area contributed by atoms with Crippen LogP contribution in [0.15, 0.2) is 47.4 Å². The summed E-state index contributed by atoms with van der Waals surface area (Å²) in [6.45, 7) is 11.4. The third-order valence-electron chi connectivity index (χ3n) is 6.10. The third kappa shape index (κ3) is 3.94. The predicted octanol–water partition coefficient (Wildman–Crippen LogP) is 5.32. The van der Waals surface area contributed by atoms with E-state index in [-0.39, 0.29) is 15.7 Å². The Morgan fingerprint density at radius 2 is 1.54 bits per heavy atom. The Hall–Kier alpha value is -1.91. The molecule has 3 nitrogen and oxygen atoms in total. The Labute approximate surface area is 169 Å². The maximum absolute atomic E-state index is 11.7. The zero-order chi connectivity index (χ0) is 20.7. The molecule has 3 rings (SSSR count). The molecule has 0 aromatic heterocycles. The minimum Gasteiger partial charge on any atom is -0.380 e. The van der Waals surface area contributed by atoms with Crippen LogP contribution in [-0.4, -0.2) is 19.5 Å². The van der Waals surface area contributed by atoms with Gasteiger partial charge in [-0.1, -0.05) is 64.1 Å². The number of rotatable bonds is 4. The molecular formula is C24H30O3S. The van der Waals surface area contributed by atoms with Gasteiger partial charge in [-0.3, -0.25) is 0 Å². The van der Waals surface area contributed by atoms with Gasteiger partial charge in [0.15, 0.2) is 0 Å². The normalized spacial score (nSPS) is 18.6. The molecule has 28 heavy (non-hydrogen) atoms. The minimum atomic E-state index is -3.60. The van der Waals surface area contributed by atoms with Gasteiger partial charge in [0.25, 0.3) is 0 Å². The predicted molar refractivity (Wildman–Crippen MR) is 116 cm³/mol. The summed E-state index contributed by atoms with van der Waals surface area (Å²) in [5.41, 5.74) is 6.51. The van der Waals surface area contributed by atoms with Gasteiger partial charge in [-0.15, -0.1) is 0 Å². The van der Waals surface area contributed by atoms with Crippen molar-refractivity contribution in [2.24, 2.45) is 0 Å². The Kier molecular flexibility index (Phi) is 5.32. The summed E-state index contributed by atoms with van der Waals surface area (Å²) in [7, 11) is -3.60. The van der Waals surface area contributed by atoms with Crippen molar-refractivity contribution in [1.82, 2.24) is 0 Å². The van der Waals surface area contributed by atoms with Gasteiger partial charge in [0.1, 0.15) is 5.94 Å². The second kappa shape index (κ2) is 7.16. The number of hydrogen-bond acceptors (Lipinski definition) is 3. The molecule has 1 N–H and O–H groups in total. The molecule has 2 aromatic carbocycles. The Bertz CT molecular complexity index is 1010. The van der Waals surface area contributed by atoms with E-state index in [1.165, 1.54) is 29.5 Å². The van der Waals surface area contributed by atoms with E-state index < -0.39 is 15.8 Å². The Morgan fingerprint density at radius 3 is 2.11 bits per heavy atom. The maximum Gasteiger partial charge on any atom is 0.202 e. The average molecular weight is 399 g/mol. The van der Waals surface area contributed by atoms with Crippen LogP contribution in [0.2, 0.25) is 0 Å². The highest BCUT2D eigenvalue weighted by molar-refractivity contribution is 7.91. The van der Waals surface area contributed by atoms with Gasteiger partial charge in [0.05, 0.1) is 4.90 Å². The van der Waals surface area contributed by atoms with E-state index >= 15 is 0 Å². The highest BCUT2D eigenvalue weighted by Crippen LogP contribution is 2.46. The van der Waals surface area contributed by atoms with Gasteiger partial charge >= 0.3 is 0 Å². The molecule has 0 unspecified atom stereocenters. The van der Waals surface area contributed by atoms with Crippen LogP contribution in [-0.2, 0) is 20.7 Å². The highest BCUT2D eigenvalue weighted by Gasteiger charge is 2.36. The molecule has 0 amide bonds. The highest BCUT2D eigenvalue weighted by atomic mass is 32.2. The lowest BCUT2D eigenvalue weighted by atomic mass is 9.63. The minimum absolute atomic E-state index is 0.141. The van der Waals surface area contributed by atoms with E-state index in [9.17, 15) is 8.42 Å². The smallest absolute Gasteiger partial charge is 0.202 e. The summed E-state index contributed by atoms with van der Waals surface area (Å²) < 4.78 is 23.5. The fourth-order valence-electron chi connectivity index (χ4n) is 4.01. The lowest BCUT2D eigenvalue weighted by Crippen LogP contribution is -2.33. The summed E-state index contributed by atoms with van der Waals surface area (Å²) in [5.74, 6) is -0.873. The fraction of sp³-hybridized carbons (Fsp3) is 0.417. The van der Waals surface area contributed by atoms with Crippen LogP contribution in [0.1, 0.15) is 69.7 Å². The number of fused-ring (bicyclic) bond motifs is 1. The number of benzene rings is 2. The molecule has 2 aromatic rings. The van der Waals surface area contributed by atoms with E-state index in [1.807, 2.05) is 0 Å². The molecular weight excluding hydrogens is 368 g/mol. The summed E-state index contributed by atoms with van der Waals surface area (Å²) in [6, 6.07) is 13.4. The second-order valence-corrected chi connectivity index (χ2v) is 11.1. The van der Waals surface area contributed by atoms with Crippen LogP contribution in [0, 0.1) is 0 Å². The molecule has 0 saturated carbocycles. The standard InChI is InChI=1S/C24H30O3S/c1-17(14-18-6-9-20(10-7-18)28(26,27)16-25)19-8-11-21-22(15-19)24(4,5)13-12-23(21,2)3/h6-11,14-15,25H,12-13,16H2,1-5H3. The number of allylic oxidation sites excluding steroid dienone is 1. The molecule has 0 bridgehead atoms. The topological polar surface area (TPSA) is 54.4 Å². The first kappa shape index (κ1) is 20.8. The first-order chi connectivity index (χ1) is 13.0. The zero-order valence-electron chi connectivity index (χ0n) is 17.4. The summed E-state index contributed by atoms with van der Waals surface area (Å²) in [5, 5.41) is 8.99. The molecule has 4 heteroatoms. The molecule has 0 spiro atoms. The van der Waals surface area contributed by atoms with E-state index in [4.69, 9.17) is 5.11 Å². The quantitative estimate of drug-likeness (QED) is 0.709. The maximum atomic E-state index is 11.7. The lowest BCUT2D eigenvalue weighted by Gasteiger charge is -2.42. The van der Waals surface area contributed by atoms with Gasteiger partial charge in [0, 0.05) is 0 Å². The first-order valence-electron chi connectivity index (χ1n) is 9.74. The number of aliphatic hydroxyl groups is 1. The monoisotopic (exact) mass is 398 g/mol. The molecule has 1 aliphatic carbocycles. The van der Waals surface area contributed by atoms with E-state index in [0.717, 1.165) is 11.1 Å². The zero-order valence-corrected chi connectivity index (χ0v) is 18.2. The van der Waals surface area contributed by atoms with Crippen molar-refractivity contribution in [1.29, 1.82) is 0 Å². The van der Waals surface area contributed by atoms with Gasteiger partial charge < -0.3 is 5.11 Å². The fourth-order valence-corrected chi connectivity index (χ4v) is 4.71. The third-order valence-corrected chi connectivity index (χ3v) is 7.43. The summed E-state index contributed by atoms with van der Waals surface area (Å²) >= 11 is 0. The lowest BCUT2D eigenvalue weighted by molar-refractivity contribution is 0.332. The Morgan fingerprint density at radius 1 is 0.964 bits per heavy atom. The van der Waals surface area contributed by atoms with E-state index in [0.29, 0.717) is 0 Å². The summed E-state index contributed by atoms with van der Waals surface area (Å²) in [4.78, 5) is 0.141. The van der Waals surface area contributed by atoms with E-state index in [1.54, 1.807) is 24.3 Å². The van der Waals surface area contributed by atoms with Crippen molar-refractivity contribution < 1.29 is 13.5 Å². The SMILES string of the molecule is CC(=Cc1ccc(S(=O)(=O)CO)cc1)c1ccc2c(c1)C(C)(C)CCC2(C)C. The largest absolute Gasteiger partial charge is 0.380 e. The molecule has 150 valence electrons. The van der Waals surface area contributed by atoms with Gasteiger partial charge in [-0.05, 0) is 70.6 Å². The Balaban J connectivity index is 1.96. The number of aliphatic hydroxyl groups excluding tert-OH is 1. The van der Waals surface area contributed by atoms with Crippen molar-refractivity contribution in [3.63, 3.8) is 0 Å². The van der Waals surface area contributed by atoms with Crippen LogP contribution in [0.3, 0.4) is 0 Å². The summed E-state index contributed by atoms with van der Waals surface area (Å²) in [6.07, 6.45) is 4.45. The number of hydrogen-bond donors (Lipinski definition) is 1. The van der Waals surface area contributed by atoms with Gasteiger partial charge in [-0.25, -0.2) is 8.42 Å². The molecule has 0 heterocycles. The van der Waals surface area contributed by atoms with E-state index in [2.05, 4.69) is 58.9 Å². The first-order valence-corrected chi connectivity index (χ1v) is 11.4.